The highest BCUT2D eigenvalue weighted by Gasteiger charge is 2.15. The molecular formula is C29H22ClN5O2S. The van der Waals surface area contributed by atoms with Crippen molar-refractivity contribution in [2.24, 2.45) is 0 Å². The molecule has 188 valence electrons. The van der Waals surface area contributed by atoms with Crippen LogP contribution in [-0.2, 0) is 0 Å². The second-order valence-electron chi connectivity index (χ2n) is 8.64. The van der Waals surface area contributed by atoms with Gasteiger partial charge < -0.3 is 4.74 Å². The van der Waals surface area contributed by atoms with Crippen LogP contribution in [0.1, 0.15) is 18.9 Å². The van der Waals surface area contributed by atoms with Crippen LogP contribution in [0.15, 0.2) is 89.9 Å². The van der Waals surface area contributed by atoms with Gasteiger partial charge in [0.25, 0.3) is 5.56 Å². The monoisotopic (exact) mass is 539 g/mol. The molecule has 0 aliphatic heterocycles. The fourth-order valence-corrected chi connectivity index (χ4v) is 5.08. The largest absolute Gasteiger partial charge is 0.494 e. The van der Waals surface area contributed by atoms with E-state index in [4.69, 9.17) is 21.4 Å². The molecule has 6 aromatic rings. The Morgan fingerprint density at radius 3 is 2.39 bits per heavy atom. The summed E-state index contributed by atoms with van der Waals surface area (Å²) in [5.74, 6) is 1.30. The molecule has 0 spiro atoms. The summed E-state index contributed by atoms with van der Waals surface area (Å²) in [6, 6.07) is 24.9. The Kier molecular flexibility index (Phi) is 6.49. The smallest absolute Gasteiger partial charge is 0.291 e. The van der Waals surface area contributed by atoms with Crippen LogP contribution >= 0.6 is 22.9 Å². The van der Waals surface area contributed by atoms with E-state index in [1.165, 1.54) is 15.9 Å². The van der Waals surface area contributed by atoms with Crippen molar-refractivity contribution in [2.75, 3.05) is 6.61 Å². The number of rotatable bonds is 7. The lowest BCUT2D eigenvalue weighted by Crippen LogP contribution is -2.23. The van der Waals surface area contributed by atoms with E-state index in [0.717, 1.165) is 40.2 Å². The molecule has 0 aliphatic carbocycles. The summed E-state index contributed by atoms with van der Waals surface area (Å²) in [5.41, 5.74) is 3.97. The van der Waals surface area contributed by atoms with E-state index in [0.29, 0.717) is 26.9 Å². The zero-order valence-corrected chi connectivity index (χ0v) is 22.0. The molecule has 3 heterocycles. The average molecular weight is 540 g/mol. The molecule has 7 nitrogen and oxygen atoms in total. The minimum Gasteiger partial charge on any atom is -0.494 e. The summed E-state index contributed by atoms with van der Waals surface area (Å²) in [5, 5.41) is 9.96. The van der Waals surface area contributed by atoms with Crippen LogP contribution in [0.4, 0.5) is 0 Å². The predicted molar refractivity (Wildman–Crippen MR) is 151 cm³/mol. The fourth-order valence-electron chi connectivity index (χ4n) is 4.06. The molecular weight excluding hydrogens is 518 g/mol. The maximum atomic E-state index is 13.3. The third kappa shape index (κ3) is 4.71. The normalized spacial score (nSPS) is 11.9. The standard InChI is InChI=1S/C29H22ClN5O2S/c1-2-16-37-24-14-10-20(11-15-24)27-31-29-35(33-27)28(36)25(38-29)17-21-18-34(23-6-4-3-5-7-23)32-26(21)19-8-12-22(30)13-9-19/h3-15,17-18H,2,16H2,1H3/b25-17-. The minimum absolute atomic E-state index is 0.221. The van der Waals surface area contributed by atoms with E-state index in [-0.39, 0.29) is 5.56 Å². The van der Waals surface area contributed by atoms with Crippen molar-refractivity contribution < 1.29 is 4.74 Å². The first-order valence-electron chi connectivity index (χ1n) is 12.1. The highest BCUT2D eigenvalue weighted by molar-refractivity contribution is 7.15. The summed E-state index contributed by atoms with van der Waals surface area (Å²) < 4.78 is 9.34. The summed E-state index contributed by atoms with van der Waals surface area (Å²) in [6.45, 7) is 2.73. The van der Waals surface area contributed by atoms with Gasteiger partial charge in [-0.25, -0.2) is 4.68 Å². The molecule has 0 bridgehead atoms. The van der Waals surface area contributed by atoms with Crippen LogP contribution in [0, 0.1) is 0 Å². The molecule has 0 unspecified atom stereocenters. The van der Waals surface area contributed by atoms with E-state index in [2.05, 4.69) is 17.0 Å². The quantitative estimate of drug-likeness (QED) is 0.262. The number of hydrogen-bond acceptors (Lipinski definition) is 6. The van der Waals surface area contributed by atoms with E-state index in [1.54, 1.807) is 0 Å². The highest BCUT2D eigenvalue weighted by atomic mass is 35.5. The van der Waals surface area contributed by atoms with Crippen LogP contribution in [0.3, 0.4) is 0 Å². The number of halogens is 1. The van der Waals surface area contributed by atoms with E-state index in [1.807, 2.05) is 95.8 Å². The number of para-hydroxylation sites is 1. The second-order valence-corrected chi connectivity index (χ2v) is 10.1. The highest BCUT2D eigenvalue weighted by Crippen LogP contribution is 2.26. The Labute approximate surface area is 227 Å². The number of nitrogens with zero attached hydrogens (tertiary/aromatic N) is 5. The second kappa shape index (κ2) is 10.2. The average Bonchev–Trinajstić information content (AvgIpc) is 3.64. The molecule has 9 heteroatoms. The van der Waals surface area contributed by atoms with E-state index < -0.39 is 0 Å². The number of hydrogen-bond donors (Lipinski definition) is 0. The number of fused-ring (bicyclic) bond motifs is 1. The third-order valence-corrected chi connectivity index (χ3v) is 7.15. The zero-order chi connectivity index (χ0) is 26.1. The van der Waals surface area contributed by atoms with Gasteiger partial charge in [0, 0.05) is 27.9 Å². The van der Waals surface area contributed by atoms with Crippen LogP contribution in [0.5, 0.6) is 5.75 Å². The Bertz CT molecular complexity index is 1820. The van der Waals surface area contributed by atoms with Crippen molar-refractivity contribution in [1.29, 1.82) is 0 Å². The van der Waals surface area contributed by atoms with Gasteiger partial charge in [0.2, 0.25) is 4.96 Å². The van der Waals surface area contributed by atoms with Crippen molar-refractivity contribution in [2.45, 2.75) is 13.3 Å². The first kappa shape index (κ1) is 24.1. The van der Waals surface area contributed by atoms with Crippen LogP contribution < -0.4 is 14.8 Å². The molecule has 3 aromatic carbocycles. The van der Waals surface area contributed by atoms with Gasteiger partial charge in [-0.05, 0) is 61.0 Å². The molecule has 0 N–H and O–H groups in total. The Morgan fingerprint density at radius 1 is 0.947 bits per heavy atom. The third-order valence-electron chi connectivity index (χ3n) is 5.93. The molecule has 0 saturated heterocycles. The predicted octanol–water partition coefficient (Wildman–Crippen LogP) is 5.66. The minimum atomic E-state index is -0.221. The SMILES string of the molecule is CCCOc1ccc(-c2nc3s/c(=C\c4cn(-c5ccccc5)nc4-c4ccc(Cl)cc4)c(=O)n3n2)cc1. The van der Waals surface area contributed by atoms with Crippen molar-refractivity contribution in [3.8, 4) is 34.1 Å². The fraction of sp³-hybridized carbons (Fsp3) is 0.103. The van der Waals surface area contributed by atoms with Crippen LogP contribution in [0.2, 0.25) is 5.02 Å². The lowest BCUT2D eigenvalue weighted by atomic mass is 10.1. The van der Waals surface area contributed by atoms with Crippen molar-refractivity contribution >= 4 is 34.0 Å². The van der Waals surface area contributed by atoms with Crippen LogP contribution in [0.25, 0.3) is 39.4 Å². The first-order valence-corrected chi connectivity index (χ1v) is 13.3. The number of thiazole rings is 1. The summed E-state index contributed by atoms with van der Waals surface area (Å²) >= 11 is 7.41. The summed E-state index contributed by atoms with van der Waals surface area (Å²) in [7, 11) is 0. The summed E-state index contributed by atoms with van der Waals surface area (Å²) in [6.07, 6.45) is 4.71. The topological polar surface area (TPSA) is 74.3 Å². The Morgan fingerprint density at radius 2 is 1.68 bits per heavy atom. The zero-order valence-electron chi connectivity index (χ0n) is 20.4. The van der Waals surface area contributed by atoms with E-state index in [9.17, 15) is 4.79 Å². The van der Waals surface area contributed by atoms with Gasteiger partial charge in [-0.3, -0.25) is 4.79 Å². The van der Waals surface area contributed by atoms with Gasteiger partial charge in [0.15, 0.2) is 5.82 Å². The first-order chi connectivity index (χ1) is 18.6. The maximum absolute atomic E-state index is 13.3. The van der Waals surface area contributed by atoms with Gasteiger partial charge in [-0.15, -0.1) is 5.10 Å². The van der Waals surface area contributed by atoms with Gasteiger partial charge >= 0.3 is 0 Å². The molecule has 0 atom stereocenters. The molecule has 38 heavy (non-hydrogen) atoms. The van der Waals surface area contributed by atoms with Gasteiger partial charge in [-0.1, -0.05) is 60.2 Å². The number of benzene rings is 3. The maximum Gasteiger partial charge on any atom is 0.291 e. The van der Waals surface area contributed by atoms with Crippen molar-refractivity contribution in [1.82, 2.24) is 24.4 Å². The lowest BCUT2D eigenvalue weighted by Gasteiger charge is -2.04. The molecule has 0 fully saturated rings. The Balaban J connectivity index is 1.40. The number of ether oxygens (including phenoxy) is 1. The molecule has 0 saturated carbocycles. The van der Waals surface area contributed by atoms with Gasteiger partial charge in [0.05, 0.1) is 16.8 Å². The number of aromatic nitrogens is 5. The van der Waals surface area contributed by atoms with E-state index >= 15 is 0 Å². The van der Waals surface area contributed by atoms with Crippen molar-refractivity contribution in [3.05, 3.63) is 111 Å². The molecule has 0 amide bonds. The van der Waals surface area contributed by atoms with Gasteiger partial charge in [0.1, 0.15) is 11.4 Å². The Hall–Kier alpha value is -4.27. The molecule has 0 aliphatic rings. The molecule has 0 radical (unpaired) electrons. The lowest BCUT2D eigenvalue weighted by molar-refractivity contribution is 0.317. The summed E-state index contributed by atoms with van der Waals surface area (Å²) in [4.78, 5) is 18.4. The van der Waals surface area contributed by atoms with Crippen LogP contribution in [-0.4, -0.2) is 31.0 Å². The molecule has 6 rings (SSSR count). The molecule has 3 aromatic heterocycles. The van der Waals surface area contributed by atoms with Crippen molar-refractivity contribution in [3.63, 3.8) is 0 Å². The van der Waals surface area contributed by atoms with Gasteiger partial charge in [-0.2, -0.15) is 14.6 Å².